The van der Waals surface area contributed by atoms with E-state index in [2.05, 4.69) is 11.9 Å². The van der Waals surface area contributed by atoms with Gasteiger partial charge in [-0.3, -0.25) is 4.79 Å². The van der Waals surface area contributed by atoms with Gasteiger partial charge in [0.2, 0.25) is 0 Å². The summed E-state index contributed by atoms with van der Waals surface area (Å²) < 4.78 is 13.5. The molecule has 2 nitrogen and oxygen atoms in total. The van der Waals surface area contributed by atoms with Crippen molar-refractivity contribution in [3.63, 3.8) is 0 Å². The number of aromatic amines is 1. The van der Waals surface area contributed by atoms with Gasteiger partial charge in [-0.15, -0.1) is 0 Å². The molecule has 0 radical (unpaired) electrons. The third kappa shape index (κ3) is 2.18. The van der Waals surface area contributed by atoms with Crippen molar-refractivity contribution >= 4 is 16.7 Å². The summed E-state index contributed by atoms with van der Waals surface area (Å²) in [5, 5.41) is 0.996. The van der Waals surface area contributed by atoms with E-state index in [1.807, 2.05) is 0 Å². The highest BCUT2D eigenvalue weighted by Gasteiger charge is 2.25. The summed E-state index contributed by atoms with van der Waals surface area (Å²) in [6.07, 6.45) is 4.03. The molecule has 1 aliphatic carbocycles. The summed E-state index contributed by atoms with van der Waals surface area (Å²) in [6.45, 7) is 2.11. The Kier molecular flexibility index (Phi) is 3.13. The summed E-state index contributed by atoms with van der Waals surface area (Å²) in [5.41, 5.74) is 3.44. The molecule has 0 spiro atoms. The molecule has 1 N–H and O–H groups in total. The summed E-state index contributed by atoms with van der Waals surface area (Å²) in [6, 6.07) is 4.92. The Labute approximate surface area is 112 Å². The molecule has 0 aliphatic heterocycles. The van der Waals surface area contributed by atoms with Gasteiger partial charge < -0.3 is 4.98 Å². The molecule has 2 aromatic rings. The molecule has 0 unspecified atom stereocenters. The maximum atomic E-state index is 13.5. The molecule has 3 heteroatoms. The Morgan fingerprint density at radius 2 is 2.05 bits per heavy atom. The summed E-state index contributed by atoms with van der Waals surface area (Å²) in [5.74, 6) is 0.561. The Morgan fingerprint density at radius 1 is 1.32 bits per heavy atom. The SMILES string of the molecule is CCc1[nH]c2ccc(F)cc2c1C1CCC(=O)CC1. The van der Waals surface area contributed by atoms with Gasteiger partial charge in [-0.25, -0.2) is 4.39 Å². The summed E-state index contributed by atoms with van der Waals surface area (Å²) in [7, 11) is 0. The zero-order valence-electron chi connectivity index (χ0n) is 11.1. The van der Waals surface area contributed by atoms with Crippen molar-refractivity contribution < 1.29 is 9.18 Å². The number of Topliss-reactive ketones (excluding diaryl/α,β-unsaturated/α-hetero) is 1. The first-order valence-corrected chi connectivity index (χ1v) is 7.00. The van der Waals surface area contributed by atoms with Crippen LogP contribution in [0.5, 0.6) is 0 Å². The number of rotatable bonds is 2. The van der Waals surface area contributed by atoms with Crippen LogP contribution in [0.25, 0.3) is 10.9 Å². The minimum atomic E-state index is -0.192. The molecule has 0 bridgehead atoms. The van der Waals surface area contributed by atoms with Crippen molar-refractivity contribution in [2.75, 3.05) is 0 Å². The molecule has 3 rings (SSSR count). The zero-order chi connectivity index (χ0) is 13.4. The monoisotopic (exact) mass is 259 g/mol. The fourth-order valence-electron chi connectivity index (χ4n) is 3.21. The molecule has 0 amide bonds. The van der Waals surface area contributed by atoms with Crippen molar-refractivity contribution in [2.45, 2.75) is 44.9 Å². The van der Waals surface area contributed by atoms with Crippen LogP contribution in [0.4, 0.5) is 4.39 Å². The third-order valence-electron chi connectivity index (χ3n) is 4.19. The van der Waals surface area contributed by atoms with Gasteiger partial charge in [0.25, 0.3) is 0 Å². The highest BCUT2D eigenvalue weighted by molar-refractivity contribution is 5.86. The van der Waals surface area contributed by atoms with Crippen molar-refractivity contribution in [3.8, 4) is 0 Å². The Bertz CT molecular complexity index is 619. The number of carbonyl (C=O) groups is 1. The molecule has 0 atom stereocenters. The van der Waals surface area contributed by atoms with E-state index >= 15 is 0 Å². The molecule has 1 fully saturated rings. The molecular weight excluding hydrogens is 241 g/mol. The molecule has 1 heterocycles. The average Bonchev–Trinajstić information content (AvgIpc) is 2.77. The van der Waals surface area contributed by atoms with E-state index in [-0.39, 0.29) is 5.82 Å². The smallest absolute Gasteiger partial charge is 0.132 e. The molecule has 19 heavy (non-hydrogen) atoms. The quantitative estimate of drug-likeness (QED) is 0.865. The molecule has 100 valence electrons. The van der Waals surface area contributed by atoms with E-state index in [1.54, 1.807) is 12.1 Å². The number of halogens is 1. The van der Waals surface area contributed by atoms with Crippen LogP contribution in [-0.4, -0.2) is 10.8 Å². The lowest BCUT2D eigenvalue weighted by molar-refractivity contribution is -0.120. The van der Waals surface area contributed by atoms with Crippen molar-refractivity contribution in [1.82, 2.24) is 4.98 Å². The van der Waals surface area contributed by atoms with Crippen LogP contribution in [0.2, 0.25) is 0 Å². The Hall–Kier alpha value is -1.64. The van der Waals surface area contributed by atoms with Crippen LogP contribution in [0, 0.1) is 5.82 Å². The van der Waals surface area contributed by atoms with Crippen LogP contribution >= 0.6 is 0 Å². The highest BCUT2D eigenvalue weighted by atomic mass is 19.1. The van der Waals surface area contributed by atoms with Gasteiger partial charge in [0, 0.05) is 29.4 Å². The largest absolute Gasteiger partial charge is 0.358 e. The van der Waals surface area contributed by atoms with E-state index in [0.717, 1.165) is 30.2 Å². The molecule has 1 aromatic carbocycles. The van der Waals surface area contributed by atoms with Crippen LogP contribution < -0.4 is 0 Å². The van der Waals surface area contributed by atoms with Crippen molar-refractivity contribution in [1.29, 1.82) is 0 Å². The number of benzene rings is 1. The van der Waals surface area contributed by atoms with Gasteiger partial charge in [-0.05, 0) is 48.9 Å². The topological polar surface area (TPSA) is 32.9 Å². The molecule has 1 saturated carbocycles. The number of ketones is 1. The van der Waals surface area contributed by atoms with Gasteiger partial charge in [0.1, 0.15) is 11.6 Å². The van der Waals surface area contributed by atoms with Crippen molar-refractivity contribution in [3.05, 3.63) is 35.3 Å². The molecule has 0 saturated heterocycles. The summed E-state index contributed by atoms with van der Waals surface area (Å²) >= 11 is 0. The van der Waals surface area contributed by atoms with Gasteiger partial charge in [-0.1, -0.05) is 6.92 Å². The number of hydrogen-bond acceptors (Lipinski definition) is 1. The van der Waals surface area contributed by atoms with E-state index in [9.17, 15) is 9.18 Å². The first-order chi connectivity index (χ1) is 9.19. The predicted molar refractivity (Wildman–Crippen MR) is 73.9 cm³/mol. The van der Waals surface area contributed by atoms with Gasteiger partial charge in [-0.2, -0.15) is 0 Å². The maximum Gasteiger partial charge on any atom is 0.132 e. The van der Waals surface area contributed by atoms with E-state index in [1.165, 1.54) is 17.3 Å². The minimum Gasteiger partial charge on any atom is -0.358 e. The first kappa shape index (κ1) is 12.4. The molecule has 1 aromatic heterocycles. The normalized spacial score (nSPS) is 17.3. The number of nitrogens with one attached hydrogen (secondary N) is 1. The lowest BCUT2D eigenvalue weighted by atomic mass is 9.82. The Morgan fingerprint density at radius 3 is 2.74 bits per heavy atom. The van der Waals surface area contributed by atoms with Crippen molar-refractivity contribution in [2.24, 2.45) is 0 Å². The second-order valence-corrected chi connectivity index (χ2v) is 5.37. The second-order valence-electron chi connectivity index (χ2n) is 5.37. The number of fused-ring (bicyclic) bond motifs is 1. The van der Waals surface area contributed by atoms with Crippen LogP contribution in [0.15, 0.2) is 18.2 Å². The van der Waals surface area contributed by atoms with Crippen LogP contribution in [0.3, 0.4) is 0 Å². The number of hydrogen-bond donors (Lipinski definition) is 1. The van der Waals surface area contributed by atoms with E-state index < -0.39 is 0 Å². The highest BCUT2D eigenvalue weighted by Crippen LogP contribution is 2.38. The average molecular weight is 259 g/mol. The van der Waals surface area contributed by atoms with Crippen LogP contribution in [0.1, 0.15) is 49.8 Å². The number of aromatic nitrogens is 1. The van der Waals surface area contributed by atoms with Gasteiger partial charge >= 0.3 is 0 Å². The standard InChI is InChI=1S/C16H18FNO/c1-2-14-16(10-3-6-12(19)7-4-10)13-9-11(17)5-8-15(13)18-14/h5,8-10,18H,2-4,6-7H2,1H3. The number of carbonyl (C=O) groups excluding carboxylic acids is 1. The lowest BCUT2D eigenvalue weighted by Crippen LogP contribution is -2.13. The first-order valence-electron chi connectivity index (χ1n) is 7.00. The summed E-state index contributed by atoms with van der Waals surface area (Å²) in [4.78, 5) is 14.8. The fraction of sp³-hybridized carbons (Fsp3) is 0.438. The Balaban J connectivity index is 2.09. The number of aryl methyl sites for hydroxylation is 1. The minimum absolute atomic E-state index is 0.192. The maximum absolute atomic E-state index is 13.5. The van der Waals surface area contributed by atoms with Gasteiger partial charge in [0.15, 0.2) is 0 Å². The third-order valence-corrected chi connectivity index (χ3v) is 4.19. The molecule has 1 aliphatic rings. The van der Waals surface area contributed by atoms with Crippen LogP contribution in [-0.2, 0) is 11.2 Å². The predicted octanol–water partition coefficient (Wildman–Crippen LogP) is 4.10. The molecular formula is C16H18FNO. The fourth-order valence-corrected chi connectivity index (χ4v) is 3.21. The number of H-pyrrole nitrogens is 1. The lowest BCUT2D eigenvalue weighted by Gasteiger charge is -2.22. The van der Waals surface area contributed by atoms with Gasteiger partial charge in [0.05, 0.1) is 0 Å². The zero-order valence-corrected chi connectivity index (χ0v) is 11.1. The van der Waals surface area contributed by atoms with E-state index in [0.29, 0.717) is 24.5 Å². The van der Waals surface area contributed by atoms with E-state index in [4.69, 9.17) is 0 Å². The second kappa shape index (κ2) is 4.80.